The van der Waals surface area contributed by atoms with Crippen molar-refractivity contribution in [1.29, 1.82) is 5.26 Å². The average Bonchev–Trinajstić information content (AvgIpc) is 2.49. The molecule has 3 nitrogen and oxygen atoms in total. The maximum Gasteiger partial charge on any atom is 0.166 e. The summed E-state index contributed by atoms with van der Waals surface area (Å²) in [5, 5.41) is 18.6. The van der Waals surface area contributed by atoms with E-state index in [1.807, 2.05) is 31.2 Å². The Morgan fingerprint density at radius 3 is 2.48 bits per heavy atom. The summed E-state index contributed by atoms with van der Waals surface area (Å²) >= 11 is 0. The predicted molar refractivity (Wildman–Crippen MR) is 82.0 cm³/mol. The minimum absolute atomic E-state index is 0.332. The Labute approximate surface area is 125 Å². The molecule has 0 fully saturated rings. The summed E-state index contributed by atoms with van der Waals surface area (Å²) in [4.78, 5) is 0. The van der Waals surface area contributed by atoms with E-state index in [9.17, 15) is 5.11 Å². The molecule has 0 aliphatic carbocycles. The molecule has 0 aromatic heterocycles. The van der Waals surface area contributed by atoms with Gasteiger partial charge in [-0.15, -0.1) is 0 Å². The van der Waals surface area contributed by atoms with Crippen LogP contribution in [0, 0.1) is 32.1 Å². The number of benzene rings is 2. The minimum atomic E-state index is -1.12. The molecular weight excluding hydrogens is 262 g/mol. The van der Waals surface area contributed by atoms with E-state index in [0.29, 0.717) is 12.2 Å². The minimum Gasteiger partial charge on any atom is -0.489 e. The van der Waals surface area contributed by atoms with Gasteiger partial charge in [0.05, 0.1) is 6.07 Å². The van der Waals surface area contributed by atoms with Crippen molar-refractivity contribution < 1.29 is 9.84 Å². The highest BCUT2D eigenvalue weighted by Crippen LogP contribution is 2.25. The summed E-state index contributed by atoms with van der Waals surface area (Å²) in [6.45, 7) is 6.47. The fraction of sp³-hybridized carbons (Fsp3) is 0.278. The average molecular weight is 281 g/mol. The van der Waals surface area contributed by atoms with Gasteiger partial charge in [0.25, 0.3) is 0 Å². The number of aryl methyl sites for hydroxylation is 3. The second kappa shape index (κ2) is 6.43. The van der Waals surface area contributed by atoms with Crippen LogP contribution in [-0.4, -0.2) is 5.11 Å². The number of rotatable bonds is 4. The van der Waals surface area contributed by atoms with E-state index in [1.54, 1.807) is 12.1 Å². The monoisotopic (exact) mass is 281 g/mol. The highest BCUT2D eigenvalue weighted by atomic mass is 16.5. The van der Waals surface area contributed by atoms with Crippen LogP contribution in [0.4, 0.5) is 0 Å². The van der Waals surface area contributed by atoms with Crippen LogP contribution >= 0.6 is 0 Å². The third-order valence-electron chi connectivity index (χ3n) is 3.65. The number of ether oxygens (including phenoxy) is 1. The van der Waals surface area contributed by atoms with Gasteiger partial charge in [-0.1, -0.05) is 30.3 Å². The molecular formula is C18H19NO2. The second-order valence-electron chi connectivity index (χ2n) is 5.22. The number of aliphatic hydroxyl groups excluding tert-OH is 1. The summed E-state index contributed by atoms with van der Waals surface area (Å²) in [6, 6.07) is 13.3. The van der Waals surface area contributed by atoms with E-state index in [0.717, 1.165) is 16.9 Å². The lowest BCUT2D eigenvalue weighted by Crippen LogP contribution is -2.04. The van der Waals surface area contributed by atoms with Gasteiger partial charge in [0.1, 0.15) is 12.4 Å². The molecule has 2 rings (SSSR count). The Morgan fingerprint density at radius 1 is 1.10 bits per heavy atom. The first-order valence-electron chi connectivity index (χ1n) is 6.89. The third-order valence-corrected chi connectivity index (χ3v) is 3.65. The standard InChI is InChI=1S/C18H19NO2/c1-12-8-14(3)18(9-13(12)2)21-11-15-6-4-5-7-16(15)17(20)10-19/h4-9,17,20H,11H2,1-3H3. The van der Waals surface area contributed by atoms with Crippen molar-refractivity contribution in [1.82, 2.24) is 0 Å². The number of hydrogen-bond donors (Lipinski definition) is 1. The fourth-order valence-electron chi connectivity index (χ4n) is 2.25. The second-order valence-corrected chi connectivity index (χ2v) is 5.22. The van der Waals surface area contributed by atoms with Gasteiger partial charge < -0.3 is 9.84 Å². The Bertz CT molecular complexity index is 686. The highest BCUT2D eigenvalue weighted by molar-refractivity contribution is 5.41. The van der Waals surface area contributed by atoms with E-state index in [1.165, 1.54) is 11.1 Å². The number of nitriles is 1. The van der Waals surface area contributed by atoms with Crippen LogP contribution in [0.25, 0.3) is 0 Å². The fourth-order valence-corrected chi connectivity index (χ4v) is 2.25. The Hall–Kier alpha value is -2.31. The molecule has 0 radical (unpaired) electrons. The Kier molecular flexibility index (Phi) is 4.62. The van der Waals surface area contributed by atoms with Crippen LogP contribution in [0.1, 0.15) is 33.9 Å². The first-order valence-corrected chi connectivity index (χ1v) is 6.89. The van der Waals surface area contributed by atoms with Gasteiger partial charge in [-0.25, -0.2) is 0 Å². The van der Waals surface area contributed by atoms with Gasteiger partial charge in [-0.05, 0) is 49.1 Å². The molecule has 2 aromatic rings. The van der Waals surface area contributed by atoms with Crippen molar-refractivity contribution in [2.75, 3.05) is 0 Å². The van der Waals surface area contributed by atoms with E-state index < -0.39 is 6.10 Å². The topological polar surface area (TPSA) is 53.2 Å². The molecule has 108 valence electrons. The molecule has 0 amide bonds. The van der Waals surface area contributed by atoms with Gasteiger partial charge in [0.15, 0.2) is 6.10 Å². The molecule has 0 aliphatic heterocycles. The summed E-state index contributed by atoms with van der Waals surface area (Å²) in [5.41, 5.74) is 4.92. The van der Waals surface area contributed by atoms with E-state index in [2.05, 4.69) is 19.9 Å². The van der Waals surface area contributed by atoms with Crippen LogP contribution < -0.4 is 4.74 Å². The van der Waals surface area contributed by atoms with Gasteiger partial charge >= 0.3 is 0 Å². The van der Waals surface area contributed by atoms with Crippen LogP contribution in [0.3, 0.4) is 0 Å². The van der Waals surface area contributed by atoms with Crippen molar-refractivity contribution in [2.45, 2.75) is 33.5 Å². The summed E-state index contributed by atoms with van der Waals surface area (Å²) in [6.07, 6.45) is -1.12. The van der Waals surface area contributed by atoms with Gasteiger partial charge in [-0.2, -0.15) is 5.26 Å². The van der Waals surface area contributed by atoms with Gasteiger partial charge in [-0.3, -0.25) is 0 Å². The van der Waals surface area contributed by atoms with Gasteiger partial charge in [0, 0.05) is 5.56 Å². The molecule has 0 aliphatic rings. The molecule has 1 unspecified atom stereocenters. The van der Waals surface area contributed by atoms with Crippen LogP contribution in [0.2, 0.25) is 0 Å². The molecule has 2 aromatic carbocycles. The zero-order valence-corrected chi connectivity index (χ0v) is 12.6. The summed E-state index contributed by atoms with van der Waals surface area (Å²) in [7, 11) is 0. The normalized spacial score (nSPS) is 11.8. The van der Waals surface area contributed by atoms with E-state index in [-0.39, 0.29) is 0 Å². The quantitative estimate of drug-likeness (QED) is 0.868. The summed E-state index contributed by atoms with van der Waals surface area (Å²) < 4.78 is 5.87. The lowest BCUT2D eigenvalue weighted by atomic mass is 10.0. The molecule has 21 heavy (non-hydrogen) atoms. The maximum absolute atomic E-state index is 9.73. The molecule has 3 heteroatoms. The Balaban J connectivity index is 2.22. The molecule has 0 saturated carbocycles. The SMILES string of the molecule is Cc1cc(C)c(OCc2ccccc2C(O)C#N)cc1C. The number of hydrogen-bond acceptors (Lipinski definition) is 3. The van der Waals surface area contributed by atoms with E-state index >= 15 is 0 Å². The largest absolute Gasteiger partial charge is 0.489 e. The van der Waals surface area contributed by atoms with Gasteiger partial charge in [0.2, 0.25) is 0 Å². The zero-order valence-electron chi connectivity index (χ0n) is 12.6. The van der Waals surface area contributed by atoms with Crippen molar-refractivity contribution in [2.24, 2.45) is 0 Å². The lowest BCUT2D eigenvalue weighted by Gasteiger charge is -2.14. The van der Waals surface area contributed by atoms with Crippen molar-refractivity contribution in [3.05, 3.63) is 64.2 Å². The van der Waals surface area contributed by atoms with Crippen LogP contribution in [-0.2, 0) is 6.61 Å². The smallest absolute Gasteiger partial charge is 0.166 e. The highest BCUT2D eigenvalue weighted by Gasteiger charge is 2.12. The number of nitrogens with zero attached hydrogens (tertiary/aromatic N) is 1. The molecule has 0 heterocycles. The molecule has 0 spiro atoms. The molecule has 0 bridgehead atoms. The maximum atomic E-state index is 9.73. The Morgan fingerprint density at radius 2 is 1.76 bits per heavy atom. The lowest BCUT2D eigenvalue weighted by molar-refractivity contribution is 0.229. The summed E-state index contributed by atoms with van der Waals surface area (Å²) in [5.74, 6) is 0.833. The van der Waals surface area contributed by atoms with E-state index in [4.69, 9.17) is 10.00 Å². The first kappa shape index (κ1) is 15.1. The van der Waals surface area contributed by atoms with Crippen LogP contribution in [0.5, 0.6) is 5.75 Å². The first-order chi connectivity index (χ1) is 10.0. The molecule has 1 N–H and O–H groups in total. The molecule has 0 saturated heterocycles. The van der Waals surface area contributed by atoms with Crippen molar-refractivity contribution >= 4 is 0 Å². The number of aliphatic hydroxyl groups is 1. The third kappa shape index (κ3) is 3.42. The van der Waals surface area contributed by atoms with Crippen molar-refractivity contribution in [3.8, 4) is 11.8 Å². The van der Waals surface area contributed by atoms with Crippen molar-refractivity contribution in [3.63, 3.8) is 0 Å². The predicted octanol–water partition coefficient (Wildman–Crippen LogP) is 3.75. The zero-order chi connectivity index (χ0) is 15.4. The van der Waals surface area contributed by atoms with Crippen LogP contribution in [0.15, 0.2) is 36.4 Å². The molecule has 1 atom stereocenters.